The van der Waals surface area contributed by atoms with E-state index in [1.165, 1.54) is 0 Å². The van der Waals surface area contributed by atoms with Crippen LogP contribution in [0.4, 0.5) is 0 Å². The lowest BCUT2D eigenvalue weighted by atomic mass is 10.0. The minimum atomic E-state index is -0.795. The largest absolute Gasteiger partial charge is 0.455 e. The molecule has 4 aromatic heterocycles. The normalized spacial score (nSPS) is 16.3. The van der Waals surface area contributed by atoms with Crippen LogP contribution in [0.15, 0.2) is 162 Å². The molecule has 6 heteroatoms. The van der Waals surface area contributed by atoms with Crippen LogP contribution in [0.3, 0.4) is 0 Å². The molecule has 0 unspecified atom stereocenters. The number of furan rings is 1. The molecule has 0 aliphatic heterocycles. The predicted octanol–water partition coefficient (Wildman–Crippen LogP) is 12.2. The van der Waals surface area contributed by atoms with Gasteiger partial charge in [-0.3, -0.25) is 4.57 Å². The van der Waals surface area contributed by atoms with E-state index < -0.39 is 125 Å². The molecule has 5 nitrogen and oxygen atoms in total. The van der Waals surface area contributed by atoms with Crippen molar-refractivity contribution >= 4 is 75.3 Å². The fourth-order valence-corrected chi connectivity index (χ4v) is 7.84. The molecule has 0 atom stereocenters. The minimum absolute atomic E-state index is 0.175. The lowest BCUT2D eigenvalue weighted by molar-refractivity contribution is 0.669. The highest BCUT2D eigenvalue weighted by Gasteiger charge is 2.22. The molecule has 0 fully saturated rings. The second kappa shape index (κ2) is 10.9. The van der Waals surface area contributed by atoms with Gasteiger partial charge in [0.2, 0.25) is 5.95 Å². The quantitative estimate of drug-likeness (QED) is 0.185. The molecule has 11 rings (SSSR count). The fourth-order valence-electron chi connectivity index (χ4n) is 6.58. The zero-order valence-electron chi connectivity index (χ0n) is 41.9. The van der Waals surface area contributed by atoms with Crippen molar-refractivity contribution in [3.05, 3.63) is 157 Å². The molecule has 0 spiro atoms. The number of hydrogen-bond donors (Lipinski definition) is 0. The van der Waals surface area contributed by atoms with Crippen molar-refractivity contribution in [1.82, 2.24) is 19.5 Å². The first-order valence-electron chi connectivity index (χ1n) is 23.6. The molecule has 0 aliphatic carbocycles. The van der Waals surface area contributed by atoms with E-state index in [4.69, 9.17) is 32.2 Å². The molecule has 7 aromatic carbocycles. The molecule has 0 radical (unpaired) electrons. The number of benzene rings is 7. The highest BCUT2D eigenvalue weighted by molar-refractivity contribution is 7.26. The van der Waals surface area contributed by atoms with Gasteiger partial charge in [0.25, 0.3) is 0 Å². The van der Waals surface area contributed by atoms with Crippen LogP contribution in [0.25, 0.3) is 104 Å². The van der Waals surface area contributed by atoms with Crippen LogP contribution in [-0.2, 0) is 0 Å². The van der Waals surface area contributed by atoms with Gasteiger partial charge in [-0.25, -0.2) is 4.98 Å². The summed E-state index contributed by atoms with van der Waals surface area (Å²) in [5.74, 6) is -1.11. The molecular weight excluding hydrogens is 645 g/mol. The molecule has 4 heterocycles. The minimum Gasteiger partial charge on any atom is -0.455 e. The summed E-state index contributed by atoms with van der Waals surface area (Å²) in [6.45, 7) is 0. The first kappa shape index (κ1) is 16.9. The van der Waals surface area contributed by atoms with Gasteiger partial charge in [-0.05, 0) is 47.5 Å². The summed E-state index contributed by atoms with van der Waals surface area (Å²) in [4.78, 5) is 14.4. The predicted molar refractivity (Wildman–Crippen MR) is 211 cm³/mol. The number of para-hydroxylation sites is 3. The van der Waals surface area contributed by atoms with Gasteiger partial charge in [-0.2, -0.15) is 9.97 Å². The summed E-state index contributed by atoms with van der Waals surface area (Å²) < 4.78 is 150. The topological polar surface area (TPSA) is 56.7 Å². The van der Waals surface area contributed by atoms with Gasteiger partial charge in [0.1, 0.15) is 11.2 Å². The maximum Gasteiger partial charge on any atom is 0.238 e. The van der Waals surface area contributed by atoms with E-state index in [1.807, 2.05) is 54.6 Å². The third kappa shape index (κ3) is 4.30. The van der Waals surface area contributed by atoms with Crippen LogP contribution in [0.5, 0.6) is 0 Å². The van der Waals surface area contributed by atoms with Crippen LogP contribution < -0.4 is 0 Å². The third-order valence-corrected chi connectivity index (χ3v) is 9.97. The summed E-state index contributed by atoms with van der Waals surface area (Å²) in [6, 6.07) is 8.11. The van der Waals surface area contributed by atoms with Gasteiger partial charge in [0.05, 0.1) is 38.5 Å². The van der Waals surface area contributed by atoms with E-state index >= 15 is 0 Å². The van der Waals surface area contributed by atoms with Gasteiger partial charge in [-0.15, -0.1) is 11.3 Å². The molecule has 0 saturated carbocycles. The van der Waals surface area contributed by atoms with Gasteiger partial charge in [0.15, 0.2) is 11.6 Å². The van der Waals surface area contributed by atoms with Gasteiger partial charge < -0.3 is 4.42 Å². The molecule has 11 aromatic rings. The Hall–Kier alpha value is -6.63. The van der Waals surface area contributed by atoms with Crippen LogP contribution >= 0.6 is 11.3 Å². The number of aromatic nitrogens is 4. The zero-order valence-corrected chi connectivity index (χ0v) is 26.7. The van der Waals surface area contributed by atoms with E-state index in [0.29, 0.717) is 11.0 Å². The van der Waals surface area contributed by atoms with Crippen LogP contribution in [0.1, 0.15) is 21.9 Å². The maximum atomic E-state index is 9.56. The third-order valence-electron chi connectivity index (χ3n) is 8.76. The number of hydrogen-bond acceptors (Lipinski definition) is 5. The molecule has 238 valence electrons. The molecule has 51 heavy (non-hydrogen) atoms. The van der Waals surface area contributed by atoms with E-state index in [2.05, 4.69) is 4.98 Å². The van der Waals surface area contributed by atoms with Crippen LogP contribution in [-0.4, -0.2) is 19.5 Å². The van der Waals surface area contributed by atoms with Crippen molar-refractivity contribution in [2.45, 2.75) is 0 Å². The maximum absolute atomic E-state index is 9.56. The van der Waals surface area contributed by atoms with Crippen molar-refractivity contribution in [1.29, 1.82) is 0 Å². The number of nitrogens with zero attached hydrogens (tertiary/aromatic N) is 4. The zero-order chi connectivity index (χ0) is 47.4. The Bertz CT molecular complexity index is 4060. The lowest BCUT2D eigenvalue weighted by Crippen LogP contribution is -2.06. The Morgan fingerprint density at radius 2 is 1.29 bits per heavy atom. The average molecular weight is 687 g/mol. The Balaban J connectivity index is 1.31. The molecule has 0 aliphatic rings. The first-order valence-corrected chi connectivity index (χ1v) is 16.5. The van der Waals surface area contributed by atoms with E-state index in [0.717, 1.165) is 30.9 Å². The molecule has 0 saturated heterocycles. The van der Waals surface area contributed by atoms with Gasteiger partial charge >= 0.3 is 0 Å². The Labute approximate surface area is 318 Å². The van der Waals surface area contributed by atoms with Crippen molar-refractivity contribution in [2.75, 3.05) is 0 Å². The first-order chi connectivity index (χ1) is 31.9. The molecule has 0 amide bonds. The summed E-state index contributed by atoms with van der Waals surface area (Å²) in [7, 11) is 0. The second-order valence-electron chi connectivity index (χ2n) is 11.6. The summed E-state index contributed by atoms with van der Waals surface area (Å²) >= 11 is 1.58. The number of rotatable bonds is 4. The van der Waals surface area contributed by atoms with Gasteiger partial charge in [-0.1, -0.05) is 121 Å². The average Bonchev–Trinajstić information content (AvgIpc) is 4.01. The van der Waals surface area contributed by atoms with E-state index in [-0.39, 0.29) is 33.5 Å². The Morgan fingerprint density at radius 1 is 0.549 bits per heavy atom. The van der Waals surface area contributed by atoms with Crippen molar-refractivity contribution in [3.8, 4) is 39.9 Å². The SMILES string of the molecule is [2H]c1c([2H])c([2H])c(-c2c([2H])c([2H])c([2H])c(-c3nc(-c4c([2H])c([2H])c([2H])c5c4oc4c([2H])c([2H])c([2H])c([2H])c45)nc(-n4c5ccccc5c5c6sc7ccccc7c6ccc54)n3)c2[2H])c([2H])c1[2H]. The number of fused-ring (bicyclic) bond motifs is 10. The molecule has 0 bridgehead atoms. The monoisotopic (exact) mass is 686 g/mol. The number of thiophene rings is 1. The summed E-state index contributed by atoms with van der Waals surface area (Å²) in [5, 5.41) is 3.19. The Kier molecular flexibility index (Phi) is 3.61. The van der Waals surface area contributed by atoms with E-state index in [9.17, 15) is 4.11 Å². The smallest absolute Gasteiger partial charge is 0.238 e. The summed E-state index contributed by atoms with van der Waals surface area (Å²) in [6.07, 6.45) is 0. The standard InChI is InChI=1S/C45H26N4OS/c1-2-12-27(13-3-1)28-14-10-15-29(26-28)43-46-44(35-20-11-19-32-30-16-5-8-22-38(30)50-41(32)35)48-45(47-43)49-36-21-7-4-18-34(36)40-37(49)25-24-33-31-17-6-9-23-39(31)51-42(33)40/h1-26H/i1D,2D,3D,5D,8D,10D,11D,12D,13D,14D,15D,16D,19D,20D,22D,26D. The van der Waals surface area contributed by atoms with Crippen molar-refractivity contribution < 1.29 is 26.3 Å². The Morgan fingerprint density at radius 3 is 2.24 bits per heavy atom. The summed E-state index contributed by atoms with van der Waals surface area (Å²) in [5.41, 5.74) is -1.54. The molecular formula is C45H26N4OS. The van der Waals surface area contributed by atoms with Crippen LogP contribution in [0, 0.1) is 0 Å². The second-order valence-corrected chi connectivity index (χ2v) is 12.6. The van der Waals surface area contributed by atoms with Crippen molar-refractivity contribution in [3.63, 3.8) is 0 Å². The highest BCUT2D eigenvalue weighted by Crippen LogP contribution is 2.43. The molecule has 0 N–H and O–H groups in total. The fraction of sp³-hybridized carbons (Fsp3) is 0. The lowest BCUT2D eigenvalue weighted by Gasteiger charge is -2.12. The highest BCUT2D eigenvalue weighted by atomic mass is 32.1. The van der Waals surface area contributed by atoms with Crippen molar-refractivity contribution in [2.24, 2.45) is 0 Å². The van der Waals surface area contributed by atoms with E-state index in [1.54, 1.807) is 22.0 Å². The van der Waals surface area contributed by atoms with Gasteiger partial charge in [0, 0.05) is 47.3 Å². The van der Waals surface area contributed by atoms with Crippen LogP contribution in [0.2, 0.25) is 0 Å².